The predicted molar refractivity (Wildman–Crippen MR) is 104 cm³/mol. The van der Waals surface area contributed by atoms with Gasteiger partial charge in [-0.25, -0.2) is 4.79 Å². The molecule has 1 aliphatic rings. The van der Waals surface area contributed by atoms with Gasteiger partial charge in [0.05, 0.1) is 19.3 Å². The normalized spacial score (nSPS) is 15.8. The van der Waals surface area contributed by atoms with E-state index in [0.29, 0.717) is 19.7 Å². The molecule has 0 aromatic heterocycles. The molecule has 1 saturated heterocycles. The smallest absolute Gasteiger partial charge is 0.314 e. The van der Waals surface area contributed by atoms with Crippen LogP contribution in [0.3, 0.4) is 0 Å². The molecular formula is C20H33N3O3. The number of carbonyl (C=O) groups is 1. The van der Waals surface area contributed by atoms with Gasteiger partial charge in [0, 0.05) is 19.7 Å². The molecule has 2 rings (SSSR count). The Bertz CT molecular complexity index is 528. The summed E-state index contributed by atoms with van der Waals surface area (Å²) in [5.41, 5.74) is 1.21. The van der Waals surface area contributed by atoms with Crippen molar-refractivity contribution in [3.8, 4) is 5.75 Å². The summed E-state index contributed by atoms with van der Waals surface area (Å²) < 4.78 is 10.7. The second-order valence-corrected chi connectivity index (χ2v) is 6.94. The van der Waals surface area contributed by atoms with E-state index in [4.69, 9.17) is 9.47 Å². The Kier molecular flexibility index (Phi) is 8.71. The molecule has 26 heavy (non-hydrogen) atoms. The fourth-order valence-electron chi connectivity index (χ4n) is 3.18. The van der Waals surface area contributed by atoms with Gasteiger partial charge in [0.25, 0.3) is 0 Å². The average molecular weight is 364 g/mol. The van der Waals surface area contributed by atoms with Gasteiger partial charge >= 0.3 is 6.03 Å². The Hall–Kier alpha value is -1.79. The highest BCUT2D eigenvalue weighted by molar-refractivity contribution is 5.73. The lowest BCUT2D eigenvalue weighted by molar-refractivity contribution is 0.0774. The molecular weight excluding hydrogens is 330 g/mol. The minimum absolute atomic E-state index is 0.118. The summed E-state index contributed by atoms with van der Waals surface area (Å²) in [6.07, 6.45) is 3.48. The molecule has 0 saturated carbocycles. The maximum atomic E-state index is 12.1. The molecule has 0 radical (unpaired) electrons. The van der Waals surface area contributed by atoms with E-state index in [1.807, 2.05) is 26.0 Å². The number of nitrogens with zero attached hydrogens (tertiary/aromatic N) is 1. The third kappa shape index (κ3) is 6.84. The van der Waals surface area contributed by atoms with E-state index in [9.17, 15) is 4.79 Å². The summed E-state index contributed by atoms with van der Waals surface area (Å²) >= 11 is 0. The van der Waals surface area contributed by atoms with Crippen LogP contribution in [0, 0.1) is 0 Å². The van der Waals surface area contributed by atoms with Crippen molar-refractivity contribution in [3.63, 3.8) is 0 Å². The molecule has 1 aliphatic heterocycles. The van der Waals surface area contributed by atoms with Gasteiger partial charge in [-0.15, -0.1) is 0 Å². The van der Waals surface area contributed by atoms with Crippen LogP contribution in [0.4, 0.5) is 4.79 Å². The summed E-state index contributed by atoms with van der Waals surface area (Å²) in [7, 11) is 1.67. The van der Waals surface area contributed by atoms with Crippen molar-refractivity contribution in [1.82, 2.24) is 15.5 Å². The van der Waals surface area contributed by atoms with Crippen LogP contribution in [0.5, 0.6) is 5.75 Å². The molecule has 1 heterocycles. The number of urea groups is 1. The number of rotatable bonds is 10. The fraction of sp³-hybridized carbons (Fsp3) is 0.650. The van der Waals surface area contributed by atoms with E-state index in [-0.39, 0.29) is 18.2 Å². The second-order valence-electron chi connectivity index (χ2n) is 6.94. The number of hydrogen-bond donors (Lipinski definition) is 2. The highest BCUT2D eigenvalue weighted by Crippen LogP contribution is 2.26. The zero-order valence-electron chi connectivity index (χ0n) is 16.3. The average Bonchev–Trinajstić information content (AvgIpc) is 3.16. The summed E-state index contributed by atoms with van der Waals surface area (Å²) in [5.74, 6) is 0.850. The van der Waals surface area contributed by atoms with Crippen LogP contribution < -0.4 is 15.4 Å². The molecule has 1 aromatic rings. The first-order chi connectivity index (χ1) is 12.6. The Morgan fingerprint density at radius 2 is 1.85 bits per heavy atom. The molecule has 146 valence electrons. The van der Waals surface area contributed by atoms with Gasteiger partial charge in [0.15, 0.2) is 0 Å². The van der Waals surface area contributed by atoms with Crippen LogP contribution in [0.1, 0.15) is 44.7 Å². The maximum absolute atomic E-state index is 12.1. The van der Waals surface area contributed by atoms with Crippen molar-refractivity contribution in [2.75, 3.05) is 39.9 Å². The van der Waals surface area contributed by atoms with E-state index in [0.717, 1.165) is 25.3 Å². The predicted octanol–water partition coefficient (Wildman–Crippen LogP) is 2.95. The maximum Gasteiger partial charge on any atom is 0.314 e. The zero-order valence-corrected chi connectivity index (χ0v) is 16.3. The molecule has 1 unspecified atom stereocenters. The number of amides is 2. The van der Waals surface area contributed by atoms with E-state index in [1.54, 1.807) is 7.11 Å². The standard InChI is InChI=1S/C20H33N3O3/c1-16(2)26-14-6-11-21-20(24)22-15-19(23-12-4-5-13-23)17-7-9-18(25-3)10-8-17/h7-10,16,19H,4-6,11-15H2,1-3H3,(H2,21,22,24). The van der Waals surface area contributed by atoms with Crippen LogP contribution in [0.25, 0.3) is 0 Å². The lowest BCUT2D eigenvalue weighted by Gasteiger charge is -2.28. The quantitative estimate of drug-likeness (QED) is 0.628. The molecule has 1 fully saturated rings. The topological polar surface area (TPSA) is 62.8 Å². The molecule has 1 atom stereocenters. The SMILES string of the molecule is COc1ccc(C(CNC(=O)NCCCOC(C)C)N2CCCC2)cc1. The molecule has 2 amide bonds. The van der Waals surface area contributed by atoms with Crippen molar-refractivity contribution in [1.29, 1.82) is 0 Å². The van der Waals surface area contributed by atoms with Crippen LogP contribution in [-0.4, -0.2) is 56.9 Å². The fourth-order valence-corrected chi connectivity index (χ4v) is 3.18. The number of hydrogen-bond acceptors (Lipinski definition) is 4. The van der Waals surface area contributed by atoms with Gasteiger partial charge in [-0.05, 0) is 63.9 Å². The first-order valence-electron chi connectivity index (χ1n) is 9.61. The molecule has 6 heteroatoms. The first-order valence-corrected chi connectivity index (χ1v) is 9.61. The Morgan fingerprint density at radius 1 is 1.15 bits per heavy atom. The second kappa shape index (κ2) is 11.0. The molecule has 1 aromatic carbocycles. The van der Waals surface area contributed by atoms with E-state index in [2.05, 4.69) is 27.7 Å². The number of carbonyl (C=O) groups excluding carboxylic acids is 1. The number of methoxy groups -OCH3 is 1. The largest absolute Gasteiger partial charge is 0.497 e. The highest BCUT2D eigenvalue weighted by atomic mass is 16.5. The molecule has 0 aliphatic carbocycles. The lowest BCUT2D eigenvalue weighted by atomic mass is 10.1. The van der Waals surface area contributed by atoms with Crippen molar-refractivity contribution < 1.29 is 14.3 Å². The van der Waals surface area contributed by atoms with E-state index in [1.165, 1.54) is 18.4 Å². The third-order valence-corrected chi connectivity index (χ3v) is 4.60. The van der Waals surface area contributed by atoms with Crippen molar-refractivity contribution in [3.05, 3.63) is 29.8 Å². The number of benzene rings is 1. The Labute approximate surface area is 157 Å². The van der Waals surface area contributed by atoms with Gasteiger partial charge in [-0.1, -0.05) is 12.1 Å². The minimum Gasteiger partial charge on any atom is -0.497 e. The van der Waals surface area contributed by atoms with Crippen LogP contribution in [0.2, 0.25) is 0 Å². The zero-order chi connectivity index (χ0) is 18.8. The van der Waals surface area contributed by atoms with Gasteiger partial charge in [0.2, 0.25) is 0 Å². The van der Waals surface area contributed by atoms with Gasteiger partial charge in [-0.3, -0.25) is 4.90 Å². The Balaban J connectivity index is 1.81. The first kappa shape index (κ1) is 20.5. The van der Waals surface area contributed by atoms with Gasteiger partial charge in [-0.2, -0.15) is 0 Å². The number of ether oxygens (including phenoxy) is 2. The van der Waals surface area contributed by atoms with Crippen molar-refractivity contribution in [2.45, 2.75) is 45.3 Å². The Morgan fingerprint density at radius 3 is 2.46 bits per heavy atom. The molecule has 0 spiro atoms. The number of likely N-dealkylation sites (tertiary alicyclic amines) is 1. The van der Waals surface area contributed by atoms with Gasteiger partial charge in [0.1, 0.15) is 5.75 Å². The molecule has 0 bridgehead atoms. The summed E-state index contributed by atoms with van der Waals surface area (Å²) in [6.45, 7) is 8.06. The van der Waals surface area contributed by atoms with Crippen molar-refractivity contribution in [2.24, 2.45) is 0 Å². The summed E-state index contributed by atoms with van der Waals surface area (Å²) in [6, 6.07) is 8.21. The highest BCUT2D eigenvalue weighted by Gasteiger charge is 2.23. The van der Waals surface area contributed by atoms with Crippen LogP contribution in [-0.2, 0) is 4.74 Å². The molecule has 2 N–H and O–H groups in total. The van der Waals surface area contributed by atoms with E-state index < -0.39 is 0 Å². The lowest BCUT2D eigenvalue weighted by Crippen LogP contribution is -2.42. The van der Waals surface area contributed by atoms with Crippen molar-refractivity contribution >= 4 is 6.03 Å². The minimum atomic E-state index is -0.118. The molecule has 6 nitrogen and oxygen atoms in total. The van der Waals surface area contributed by atoms with Crippen LogP contribution in [0.15, 0.2) is 24.3 Å². The summed E-state index contributed by atoms with van der Waals surface area (Å²) in [5, 5.41) is 5.93. The van der Waals surface area contributed by atoms with Crippen LogP contribution >= 0.6 is 0 Å². The van der Waals surface area contributed by atoms with E-state index >= 15 is 0 Å². The van der Waals surface area contributed by atoms with Gasteiger partial charge < -0.3 is 20.1 Å². The third-order valence-electron chi connectivity index (χ3n) is 4.60. The number of nitrogens with one attached hydrogen (secondary N) is 2. The summed E-state index contributed by atoms with van der Waals surface area (Å²) in [4.78, 5) is 14.5. The monoisotopic (exact) mass is 363 g/mol.